The van der Waals surface area contributed by atoms with Gasteiger partial charge in [-0.15, -0.1) is 0 Å². The van der Waals surface area contributed by atoms with Crippen molar-refractivity contribution >= 4 is 11.6 Å². The third kappa shape index (κ3) is 4.00. The zero-order valence-electron chi connectivity index (χ0n) is 18.0. The van der Waals surface area contributed by atoms with Crippen molar-refractivity contribution in [2.75, 3.05) is 44.8 Å². The SMILES string of the molecule is COCC1CN(c2ccc(C#N)c(C(F)(F)F)c2)CC12CCN(C(=O)C1(C)CC1)CC2. The lowest BCUT2D eigenvalue weighted by atomic mass is 9.71. The molecule has 8 heteroatoms. The zero-order chi connectivity index (χ0) is 22.4. The van der Waals surface area contributed by atoms with Gasteiger partial charge in [-0.2, -0.15) is 18.4 Å². The lowest BCUT2D eigenvalue weighted by molar-refractivity contribution is -0.139. The molecule has 0 radical (unpaired) electrons. The van der Waals surface area contributed by atoms with E-state index in [4.69, 9.17) is 10.00 Å². The van der Waals surface area contributed by atoms with Gasteiger partial charge in [0.25, 0.3) is 0 Å². The van der Waals surface area contributed by atoms with Gasteiger partial charge >= 0.3 is 6.18 Å². The smallest absolute Gasteiger partial charge is 0.384 e. The number of carbonyl (C=O) groups excluding carboxylic acids is 1. The molecule has 1 spiro atoms. The fraction of sp³-hybridized carbons (Fsp3) is 0.652. The second-order valence-electron chi connectivity index (χ2n) is 9.59. The Morgan fingerprint density at radius 3 is 2.48 bits per heavy atom. The fourth-order valence-corrected chi connectivity index (χ4v) is 5.23. The molecular weight excluding hydrogens is 407 g/mol. The molecule has 0 bridgehead atoms. The molecule has 1 aromatic rings. The van der Waals surface area contributed by atoms with Crippen LogP contribution in [0.1, 0.15) is 43.7 Å². The minimum absolute atomic E-state index is 0.0937. The number of methoxy groups -OCH3 is 1. The van der Waals surface area contributed by atoms with E-state index in [1.54, 1.807) is 19.2 Å². The molecule has 3 fully saturated rings. The maximum Gasteiger partial charge on any atom is 0.417 e. The summed E-state index contributed by atoms with van der Waals surface area (Å²) in [5.41, 5.74) is -1.06. The van der Waals surface area contributed by atoms with Crippen LogP contribution in [0.2, 0.25) is 0 Å². The largest absolute Gasteiger partial charge is 0.417 e. The van der Waals surface area contributed by atoms with Crippen molar-refractivity contribution in [1.29, 1.82) is 5.26 Å². The summed E-state index contributed by atoms with van der Waals surface area (Å²) in [5, 5.41) is 9.07. The first-order valence-corrected chi connectivity index (χ1v) is 10.8. The third-order valence-electron chi connectivity index (χ3n) is 7.54. The van der Waals surface area contributed by atoms with Gasteiger partial charge in [0.2, 0.25) is 5.91 Å². The Balaban J connectivity index is 1.54. The van der Waals surface area contributed by atoms with E-state index in [9.17, 15) is 18.0 Å². The van der Waals surface area contributed by atoms with E-state index in [1.807, 2.05) is 16.7 Å². The van der Waals surface area contributed by atoms with Crippen molar-refractivity contribution in [3.8, 4) is 6.07 Å². The number of halogens is 3. The van der Waals surface area contributed by atoms with E-state index in [2.05, 4.69) is 0 Å². The monoisotopic (exact) mass is 435 g/mol. The van der Waals surface area contributed by atoms with Gasteiger partial charge in [0.05, 0.1) is 23.8 Å². The number of hydrogen-bond acceptors (Lipinski definition) is 4. The van der Waals surface area contributed by atoms with Crippen LogP contribution >= 0.6 is 0 Å². The highest BCUT2D eigenvalue weighted by Crippen LogP contribution is 2.50. The lowest BCUT2D eigenvalue weighted by Crippen LogP contribution is -2.48. The Morgan fingerprint density at radius 2 is 1.94 bits per heavy atom. The molecule has 2 aliphatic heterocycles. The van der Waals surface area contributed by atoms with Crippen LogP contribution < -0.4 is 4.90 Å². The van der Waals surface area contributed by atoms with Gasteiger partial charge < -0.3 is 14.5 Å². The minimum atomic E-state index is -4.57. The molecule has 5 nitrogen and oxygen atoms in total. The quantitative estimate of drug-likeness (QED) is 0.716. The van der Waals surface area contributed by atoms with Crippen LogP contribution in [0.4, 0.5) is 18.9 Å². The van der Waals surface area contributed by atoms with Gasteiger partial charge in [-0.25, -0.2) is 0 Å². The summed E-state index contributed by atoms with van der Waals surface area (Å²) in [6.07, 6.45) is -1.03. The minimum Gasteiger partial charge on any atom is -0.384 e. The average molecular weight is 435 g/mol. The number of carbonyl (C=O) groups is 1. The first-order chi connectivity index (χ1) is 14.6. The predicted molar refractivity (Wildman–Crippen MR) is 109 cm³/mol. The first-order valence-electron chi connectivity index (χ1n) is 10.8. The first kappa shape index (κ1) is 21.9. The molecule has 168 valence electrons. The third-order valence-corrected chi connectivity index (χ3v) is 7.54. The lowest BCUT2D eigenvalue weighted by Gasteiger charge is -2.43. The maximum atomic E-state index is 13.4. The molecule has 0 N–H and O–H groups in total. The molecule has 1 unspecified atom stereocenters. The summed E-state index contributed by atoms with van der Waals surface area (Å²) in [6, 6.07) is 5.59. The van der Waals surface area contributed by atoms with Gasteiger partial charge in [0.1, 0.15) is 0 Å². The van der Waals surface area contributed by atoms with Crippen molar-refractivity contribution in [2.24, 2.45) is 16.7 Å². The zero-order valence-corrected chi connectivity index (χ0v) is 18.0. The van der Waals surface area contributed by atoms with Crippen LogP contribution in [0, 0.1) is 28.1 Å². The Hall–Kier alpha value is -2.27. The van der Waals surface area contributed by atoms with Crippen LogP contribution in [0.5, 0.6) is 0 Å². The van der Waals surface area contributed by atoms with Crippen molar-refractivity contribution in [3.05, 3.63) is 29.3 Å². The highest BCUT2D eigenvalue weighted by molar-refractivity contribution is 5.85. The van der Waals surface area contributed by atoms with Gasteiger partial charge in [0.15, 0.2) is 0 Å². The molecule has 1 aromatic carbocycles. The van der Waals surface area contributed by atoms with E-state index >= 15 is 0 Å². The molecule has 31 heavy (non-hydrogen) atoms. The van der Waals surface area contributed by atoms with Crippen molar-refractivity contribution in [2.45, 2.75) is 38.8 Å². The average Bonchev–Trinajstić information content (AvgIpc) is 3.41. The van der Waals surface area contributed by atoms with Crippen LogP contribution in [-0.4, -0.2) is 50.7 Å². The molecule has 0 aromatic heterocycles. The standard InChI is InChI=1S/C23H28F3N3O2/c1-21(5-6-21)20(30)28-9-7-22(8-10-28)15-29(13-17(22)14-31-2)18-4-3-16(12-27)19(11-18)23(24,25)26/h3-4,11,17H,5-10,13-15H2,1-2H3. The van der Waals surface area contributed by atoms with Crippen LogP contribution in [0.25, 0.3) is 0 Å². The Kier molecular flexibility index (Phi) is 5.45. The number of rotatable bonds is 4. The molecule has 2 heterocycles. The fourth-order valence-electron chi connectivity index (χ4n) is 5.23. The summed E-state index contributed by atoms with van der Waals surface area (Å²) in [6.45, 7) is 5.15. The van der Waals surface area contributed by atoms with Gasteiger partial charge in [-0.3, -0.25) is 4.79 Å². The number of nitrogens with zero attached hydrogens (tertiary/aromatic N) is 3. The molecular formula is C23H28F3N3O2. The van der Waals surface area contributed by atoms with Crippen LogP contribution in [0.3, 0.4) is 0 Å². The van der Waals surface area contributed by atoms with Gasteiger partial charge in [-0.1, -0.05) is 6.92 Å². The highest BCUT2D eigenvalue weighted by atomic mass is 19.4. The number of benzene rings is 1. The van der Waals surface area contributed by atoms with Gasteiger partial charge in [-0.05, 0) is 49.3 Å². The number of anilines is 1. The van der Waals surface area contributed by atoms with Gasteiger partial charge in [0, 0.05) is 50.3 Å². The Bertz CT molecular complexity index is 896. The maximum absolute atomic E-state index is 13.4. The van der Waals surface area contributed by atoms with Crippen molar-refractivity contribution in [3.63, 3.8) is 0 Å². The number of ether oxygens (including phenoxy) is 1. The molecule has 1 amide bonds. The number of likely N-dealkylation sites (tertiary alicyclic amines) is 1. The number of alkyl halides is 3. The van der Waals surface area contributed by atoms with Crippen LogP contribution in [0.15, 0.2) is 18.2 Å². The Labute approximate surface area is 180 Å². The number of nitriles is 1. The van der Waals surface area contributed by atoms with E-state index < -0.39 is 11.7 Å². The summed E-state index contributed by atoms with van der Waals surface area (Å²) >= 11 is 0. The second kappa shape index (κ2) is 7.70. The molecule has 3 aliphatic rings. The number of amides is 1. The van der Waals surface area contributed by atoms with E-state index in [0.717, 1.165) is 31.7 Å². The topological polar surface area (TPSA) is 56.6 Å². The van der Waals surface area contributed by atoms with E-state index in [1.165, 1.54) is 6.07 Å². The van der Waals surface area contributed by atoms with Crippen LogP contribution in [-0.2, 0) is 15.7 Å². The summed E-state index contributed by atoms with van der Waals surface area (Å²) in [4.78, 5) is 16.7. The van der Waals surface area contributed by atoms with E-state index in [-0.39, 0.29) is 28.2 Å². The summed E-state index contributed by atoms with van der Waals surface area (Å²) in [5.74, 6) is 0.415. The summed E-state index contributed by atoms with van der Waals surface area (Å²) in [7, 11) is 1.65. The normalized spacial score (nSPS) is 24.3. The molecule has 1 saturated carbocycles. The second-order valence-corrected chi connectivity index (χ2v) is 9.59. The molecule has 1 aliphatic carbocycles. The molecule has 1 atom stereocenters. The Morgan fingerprint density at radius 1 is 1.26 bits per heavy atom. The highest BCUT2D eigenvalue weighted by Gasteiger charge is 2.52. The van der Waals surface area contributed by atoms with Crippen molar-refractivity contribution < 1.29 is 22.7 Å². The predicted octanol–water partition coefficient (Wildman–Crippen LogP) is 4.07. The number of hydrogen-bond donors (Lipinski definition) is 0. The van der Waals surface area contributed by atoms with Crippen molar-refractivity contribution in [1.82, 2.24) is 4.90 Å². The molecule has 4 rings (SSSR count). The number of piperidine rings is 1. The van der Waals surface area contributed by atoms with E-state index in [0.29, 0.717) is 38.5 Å². The molecule has 2 saturated heterocycles. The summed E-state index contributed by atoms with van der Waals surface area (Å²) < 4.78 is 45.8.